The third kappa shape index (κ3) is 4.06. The lowest BCUT2D eigenvalue weighted by Gasteiger charge is -2.22. The first kappa shape index (κ1) is 15.5. The molecule has 1 fully saturated rings. The van der Waals surface area contributed by atoms with Crippen molar-refractivity contribution in [1.82, 2.24) is 5.16 Å². The second-order valence-corrected chi connectivity index (χ2v) is 5.38. The summed E-state index contributed by atoms with van der Waals surface area (Å²) in [6, 6.07) is 0. The summed E-state index contributed by atoms with van der Waals surface area (Å²) < 4.78 is 9.83. The number of rotatable bonds is 5. The van der Waals surface area contributed by atoms with Gasteiger partial charge in [-0.15, -0.1) is 0 Å². The van der Waals surface area contributed by atoms with Crippen molar-refractivity contribution in [3.8, 4) is 0 Å². The predicted octanol–water partition coefficient (Wildman–Crippen LogP) is 2.92. The highest BCUT2D eigenvalue weighted by Gasteiger charge is 2.24. The molecule has 0 aromatic carbocycles. The van der Waals surface area contributed by atoms with E-state index in [0.717, 1.165) is 48.4 Å². The van der Waals surface area contributed by atoms with Crippen molar-refractivity contribution in [2.24, 2.45) is 11.1 Å². The Morgan fingerprint density at radius 3 is 2.90 bits per heavy atom. The zero-order valence-corrected chi connectivity index (χ0v) is 12.8. The molecule has 0 radical (unpaired) electrons. The van der Waals surface area contributed by atoms with Gasteiger partial charge in [-0.1, -0.05) is 16.7 Å². The topological polar surface area (TPSA) is 73.9 Å². The van der Waals surface area contributed by atoms with Gasteiger partial charge >= 0.3 is 5.97 Å². The van der Waals surface area contributed by atoms with E-state index in [1.54, 1.807) is 0 Å². The number of methoxy groups -OCH3 is 1. The van der Waals surface area contributed by atoms with Crippen molar-refractivity contribution in [2.75, 3.05) is 7.11 Å². The SMILES string of the molecule is COC(=O)C[C@@H]1CCCCC1=NOCc1c(C)noc1C. The molecule has 1 saturated carbocycles. The molecule has 116 valence electrons. The summed E-state index contributed by atoms with van der Waals surface area (Å²) in [5.41, 5.74) is 2.71. The van der Waals surface area contributed by atoms with Crippen LogP contribution in [0.4, 0.5) is 0 Å². The Morgan fingerprint density at radius 1 is 1.43 bits per heavy atom. The van der Waals surface area contributed by atoms with Gasteiger partial charge in [0.05, 0.1) is 30.5 Å². The molecule has 0 aliphatic heterocycles. The van der Waals surface area contributed by atoms with Crippen LogP contribution >= 0.6 is 0 Å². The molecule has 1 atom stereocenters. The van der Waals surface area contributed by atoms with Gasteiger partial charge < -0.3 is 14.1 Å². The van der Waals surface area contributed by atoms with Crippen LogP contribution in [0.3, 0.4) is 0 Å². The number of carbonyl (C=O) groups is 1. The van der Waals surface area contributed by atoms with E-state index in [9.17, 15) is 4.79 Å². The van der Waals surface area contributed by atoms with Crippen molar-refractivity contribution in [2.45, 2.75) is 52.6 Å². The minimum absolute atomic E-state index is 0.135. The van der Waals surface area contributed by atoms with Crippen molar-refractivity contribution in [3.63, 3.8) is 0 Å². The fourth-order valence-electron chi connectivity index (χ4n) is 2.58. The van der Waals surface area contributed by atoms with Crippen molar-refractivity contribution < 1.29 is 18.9 Å². The van der Waals surface area contributed by atoms with Gasteiger partial charge in [-0.25, -0.2) is 0 Å². The summed E-state index contributed by atoms with van der Waals surface area (Å²) in [6.07, 6.45) is 4.42. The van der Waals surface area contributed by atoms with E-state index in [1.807, 2.05) is 13.8 Å². The normalized spacial score (nSPS) is 20.5. The fraction of sp³-hybridized carbons (Fsp3) is 0.667. The highest BCUT2D eigenvalue weighted by Crippen LogP contribution is 2.25. The van der Waals surface area contributed by atoms with Crippen LogP contribution in [-0.2, 0) is 21.0 Å². The molecule has 0 spiro atoms. The van der Waals surface area contributed by atoms with Gasteiger partial charge in [0, 0.05) is 5.92 Å². The van der Waals surface area contributed by atoms with E-state index in [4.69, 9.17) is 14.1 Å². The number of aromatic nitrogens is 1. The third-order valence-electron chi connectivity index (χ3n) is 3.92. The Hall–Kier alpha value is -1.85. The van der Waals surface area contributed by atoms with Crippen molar-refractivity contribution in [1.29, 1.82) is 0 Å². The standard InChI is InChI=1S/C15H22N2O4/c1-10-13(11(2)21-16-10)9-20-17-14-7-5-4-6-12(14)8-15(18)19-3/h12H,4-9H2,1-3H3/t12-/m0/s1. The Bertz CT molecular complexity index is 502. The van der Waals surface area contributed by atoms with E-state index < -0.39 is 0 Å². The first-order chi connectivity index (χ1) is 10.1. The van der Waals surface area contributed by atoms with Gasteiger partial charge in [0.1, 0.15) is 12.4 Å². The van der Waals surface area contributed by atoms with E-state index in [2.05, 4.69) is 10.3 Å². The van der Waals surface area contributed by atoms with Gasteiger partial charge in [-0.2, -0.15) is 0 Å². The maximum Gasteiger partial charge on any atom is 0.306 e. The fourth-order valence-corrected chi connectivity index (χ4v) is 2.58. The Labute approximate surface area is 124 Å². The zero-order valence-electron chi connectivity index (χ0n) is 12.8. The lowest BCUT2D eigenvalue weighted by atomic mass is 9.85. The van der Waals surface area contributed by atoms with E-state index in [1.165, 1.54) is 7.11 Å². The monoisotopic (exact) mass is 294 g/mol. The number of carbonyl (C=O) groups excluding carboxylic acids is 1. The number of oxime groups is 1. The number of esters is 1. The summed E-state index contributed by atoms with van der Waals surface area (Å²) in [7, 11) is 1.41. The largest absolute Gasteiger partial charge is 0.469 e. The molecular formula is C15H22N2O4. The highest BCUT2D eigenvalue weighted by molar-refractivity contribution is 5.90. The van der Waals surface area contributed by atoms with Crippen LogP contribution in [0.15, 0.2) is 9.68 Å². The van der Waals surface area contributed by atoms with Crippen LogP contribution < -0.4 is 0 Å². The predicted molar refractivity (Wildman–Crippen MR) is 76.8 cm³/mol. The van der Waals surface area contributed by atoms with Crippen molar-refractivity contribution in [3.05, 3.63) is 17.0 Å². The first-order valence-corrected chi connectivity index (χ1v) is 7.29. The molecule has 0 N–H and O–H groups in total. The average Bonchev–Trinajstić information content (AvgIpc) is 2.80. The molecule has 2 rings (SSSR count). The van der Waals surface area contributed by atoms with E-state index in [-0.39, 0.29) is 11.9 Å². The number of nitrogens with zero attached hydrogens (tertiary/aromatic N) is 2. The molecule has 6 heteroatoms. The molecule has 1 heterocycles. The van der Waals surface area contributed by atoms with E-state index >= 15 is 0 Å². The molecule has 1 aromatic rings. The molecule has 0 saturated heterocycles. The van der Waals surface area contributed by atoms with Crippen LogP contribution in [0, 0.1) is 19.8 Å². The highest BCUT2D eigenvalue weighted by atomic mass is 16.6. The number of aryl methyl sites for hydroxylation is 2. The summed E-state index contributed by atoms with van der Waals surface area (Å²) in [4.78, 5) is 16.9. The van der Waals surface area contributed by atoms with Crippen LogP contribution in [0.1, 0.15) is 49.1 Å². The maximum atomic E-state index is 11.4. The average molecular weight is 294 g/mol. The third-order valence-corrected chi connectivity index (χ3v) is 3.92. The van der Waals surface area contributed by atoms with Gasteiger partial charge in [0.15, 0.2) is 0 Å². The van der Waals surface area contributed by atoms with Gasteiger partial charge in [0.2, 0.25) is 0 Å². The van der Waals surface area contributed by atoms with Crippen LogP contribution in [0.25, 0.3) is 0 Å². The maximum absolute atomic E-state index is 11.4. The molecule has 6 nitrogen and oxygen atoms in total. The second-order valence-electron chi connectivity index (χ2n) is 5.38. The summed E-state index contributed by atoms with van der Waals surface area (Å²) in [6.45, 7) is 4.07. The zero-order chi connectivity index (χ0) is 15.2. The molecular weight excluding hydrogens is 272 g/mol. The smallest absolute Gasteiger partial charge is 0.306 e. The molecule has 21 heavy (non-hydrogen) atoms. The number of ether oxygens (including phenoxy) is 1. The number of hydrogen-bond donors (Lipinski definition) is 0. The molecule has 1 aromatic heterocycles. The lowest BCUT2D eigenvalue weighted by molar-refractivity contribution is -0.141. The Balaban J connectivity index is 1.95. The van der Waals surface area contributed by atoms with Gasteiger partial charge in [0.25, 0.3) is 0 Å². The van der Waals surface area contributed by atoms with Crippen LogP contribution in [-0.4, -0.2) is 23.9 Å². The van der Waals surface area contributed by atoms with Gasteiger partial charge in [-0.05, 0) is 33.1 Å². The summed E-state index contributed by atoms with van der Waals surface area (Å²) in [5.74, 6) is 0.693. The molecule has 0 bridgehead atoms. The minimum Gasteiger partial charge on any atom is -0.469 e. The van der Waals surface area contributed by atoms with Crippen LogP contribution in [0.5, 0.6) is 0 Å². The summed E-state index contributed by atoms with van der Waals surface area (Å²) >= 11 is 0. The molecule has 1 aliphatic rings. The van der Waals surface area contributed by atoms with Crippen molar-refractivity contribution >= 4 is 11.7 Å². The quantitative estimate of drug-likeness (QED) is 0.616. The summed E-state index contributed by atoms with van der Waals surface area (Å²) in [5, 5.41) is 8.13. The Kier molecular flexibility index (Phi) is 5.36. The lowest BCUT2D eigenvalue weighted by Crippen LogP contribution is -2.23. The Morgan fingerprint density at radius 2 is 2.24 bits per heavy atom. The van der Waals surface area contributed by atoms with E-state index in [0.29, 0.717) is 13.0 Å². The molecule has 0 unspecified atom stereocenters. The molecule has 1 aliphatic carbocycles. The first-order valence-electron chi connectivity index (χ1n) is 7.29. The second kappa shape index (κ2) is 7.24. The van der Waals surface area contributed by atoms with Crippen LogP contribution in [0.2, 0.25) is 0 Å². The molecule has 0 amide bonds. The van der Waals surface area contributed by atoms with Gasteiger partial charge in [-0.3, -0.25) is 4.79 Å². The number of hydrogen-bond acceptors (Lipinski definition) is 6. The minimum atomic E-state index is -0.194.